The number of aromatic nitrogens is 1. The fourth-order valence-electron chi connectivity index (χ4n) is 1.59. The Balaban J connectivity index is 3.00. The molecule has 1 aromatic rings. The minimum atomic E-state index is -1.03. The summed E-state index contributed by atoms with van der Waals surface area (Å²) in [6.45, 7) is 4.59. The highest BCUT2D eigenvalue weighted by Crippen LogP contribution is 2.14. The second-order valence-electron chi connectivity index (χ2n) is 4.45. The van der Waals surface area contributed by atoms with Crippen LogP contribution >= 0.6 is 0 Å². The molecule has 1 amide bonds. The first-order valence-corrected chi connectivity index (χ1v) is 5.62. The fraction of sp³-hybridized carbons (Fsp3) is 0.417. The topological polar surface area (TPSA) is 96.5 Å². The average molecular weight is 251 g/mol. The Bertz CT molecular complexity index is 446. The van der Waals surface area contributed by atoms with E-state index in [1.54, 1.807) is 4.90 Å². The first-order valence-electron chi connectivity index (χ1n) is 5.62. The van der Waals surface area contributed by atoms with E-state index in [1.807, 2.05) is 13.8 Å². The number of aromatic carboxylic acids is 1. The van der Waals surface area contributed by atoms with E-state index < -0.39 is 11.9 Å². The molecule has 0 unspecified atom stereocenters. The van der Waals surface area contributed by atoms with Gasteiger partial charge in [0.25, 0.3) is 0 Å². The van der Waals surface area contributed by atoms with Crippen LogP contribution in [0.2, 0.25) is 0 Å². The summed E-state index contributed by atoms with van der Waals surface area (Å²) in [7, 11) is 0. The molecule has 1 aromatic heterocycles. The minimum Gasteiger partial charge on any atom is -0.478 e. The van der Waals surface area contributed by atoms with E-state index >= 15 is 0 Å². The highest BCUT2D eigenvalue weighted by atomic mass is 16.4. The van der Waals surface area contributed by atoms with E-state index in [1.165, 1.54) is 18.3 Å². The number of nitrogens with two attached hydrogens (primary N) is 1. The summed E-state index contributed by atoms with van der Waals surface area (Å²) >= 11 is 0. The average Bonchev–Trinajstić information content (AvgIpc) is 2.27. The van der Waals surface area contributed by atoms with Gasteiger partial charge in [0.1, 0.15) is 5.82 Å². The molecule has 98 valence electrons. The molecule has 0 atom stereocenters. The van der Waals surface area contributed by atoms with Gasteiger partial charge < -0.3 is 15.7 Å². The zero-order chi connectivity index (χ0) is 13.7. The molecular formula is C12H17N3O3. The zero-order valence-electron chi connectivity index (χ0n) is 10.5. The molecule has 0 saturated heterocycles. The monoisotopic (exact) mass is 251 g/mol. The van der Waals surface area contributed by atoms with Gasteiger partial charge in [-0.25, -0.2) is 9.78 Å². The van der Waals surface area contributed by atoms with Crippen LogP contribution in [-0.4, -0.2) is 35.1 Å². The van der Waals surface area contributed by atoms with Gasteiger partial charge in [-0.3, -0.25) is 4.79 Å². The molecule has 0 fully saturated rings. The standard InChI is InChI=1S/C12H17N3O3/c1-8(2)6-15(7-10(13)16)11-5-9(12(17)18)3-4-14-11/h3-5,8H,6-7H2,1-2H3,(H2,13,16)(H,17,18). The number of carboxylic acid groups (broad SMARTS) is 1. The lowest BCUT2D eigenvalue weighted by atomic mass is 10.2. The van der Waals surface area contributed by atoms with Crippen LogP contribution in [0.25, 0.3) is 0 Å². The van der Waals surface area contributed by atoms with Crippen molar-refractivity contribution in [2.75, 3.05) is 18.0 Å². The van der Waals surface area contributed by atoms with Crippen molar-refractivity contribution in [3.8, 4) is 0 Å². The summed E-state index contributed by atoms with van der Waals surface area (Å²) in [6, 6.07) is 2.84. The normalized spacial score (nSPS) is 10.4. The molecule has 0 radical (unpaired) electrons. The number of amides is 1. The third-order valence-electron chi connectivity index (χ3n) is 2.25. The molecule has 18 heavy (non-hydrogen) atoms. The van der Waals surface area contributed by atoms with Gasteiger partial charge >= 0.3 is 5.97 Å². The Kier molecular flexibility index (Phi) is 4.65. The number of carbonyl (C=O) groups is 2. The smallest absolute Gasteiger partial charge is 0.335 e. The Morgan fingerprint density at radius 1 is 1.50 bits per heavy atom. The molecule has 0 aromatic carbocycles. The molecule has 0 aliphatic heterocycles. The molecule has 0 aliphatic carbocycles. The zero-order valence-corrected chi connectivity index (χ0v) is 10.5. The van der Waals surface area contributed by atoms with E-state index in [2.05, 4.69) is 4.98 Å². The van der Waals surface area contributed by atoms with Gasteiger partial charge in [-0.1, -0.05) is 13.8 Å². The highest BCUT2D eigenvalue weighted by Gasteiger charge is 2.14. The van der Waals surface area contributed by atoms with Crippen molar-refractivity contribution in [2.24, 2.45) is 11.7 Å². The molecule has 0 saturated carbocycles. The van der Waals surface area contributed by atoms with Crippen molar-refractivity contribution < 1.29 is 14.7 Å². The molecule has 6 heteroatoms. The summed E-state index contributed by atoms with van der Waals surface area (Å²) < 4.78 is 0. The van der Waals surface area contributed by atoms with Crippen LogP contribution in [0.15, 0.2) is 18.3 Å². The minimum absolute atomic E-state index is 0.0221. The van der Waals surface area contributed by atoms with E-state index in [0.717, 1.165) is 0 Å². The van der Waals surface area contributed by atoms with Gasteiger partial charge in [-0.15, -0.1) is 0 Å². The van der Waals surface area contributed by atoms with Gasteiger partial charge in [0.15, 0.2) is 0 Å². The first kappa shape index (κ1) is 14.0. The summed E-state index contributed by atoms with van der Waals surface area (Å²) in [5.41, 5.74) is 5.32. The molecule has 0 spiro atoms. The van der Waals surface area contributed by atoms with Crippen LogP contribution in [0.4, 0.5) is 5.82 Å². The highest BCUT2D eigenvalue weighted by molar-refractivity contribution is 5.88. The molecule has 1 heterocycles. The lowest BCUT2D eigenvalue weighted by Crippen LogP contribution is -2.36. The van der Waals surface area contributed by atoms with Gasteiger partial charge in [0, 0.05) is 12.7 Å². The lowest BCUT2D eigenvalue weighted by molar-refractivity contribution is -0.116. The van der Waals surface area contributed by atoms with Gasteiger partial charge in [-0.05, 0) is 18.1 Å². The number of carboxylic acids is 1. The quantitative estimate of drug-likeness (QED) is 0.776. The third kappa shape index (κ3) is 4.04. The van der Waals surface area contributed by atoms with Crippen LogP contribution in [0.1, 0.15) is 24.2 Å². The Labute approximate surface area is 105 Å². The first-order chi connectivity index (χ1) is 8.40. The number of primary amides is 1. The molecule has 6 nitrogen and oxygen atoms in total. The molecule has 3 N–H and O–H groups in total. The van der Waals surface area contributed by atoms with Crippen molar-refractivity contribution in [2.45, 2.75) is 13.8 Å². The molecule has 0 aliphatic rings. The SMILES string of the molecule is CC(C)CN(CC(N)=O)c1cc(C(=O)O)ccn1. The summed E-state index contributed by atoms with van der Waals surface area (Å²) in [4.78, 5) is 27.7. The number of pyridine rings is 1. The van der Waals surface area contributed by atoms with Crippen LogP contribution in [0, 0.1) is 5.92 Å². The summed E-state index contributed by atoms with van der Waals surface area (Å²) in [5, 5.41) is 8.92. The van der Waals surface area contributed by atoms with E-state index in [0.29, 0.717) is 18.3 Å². The molecule has 0 bridgehead atoms. The number of rotatable bonds is 6. The fourth-order valence-corrected chi connectivity index (χ4v) is 1.59. The van der Waals surface area contributed by atoms with Crippen LogP contribution < -0.4 is 10.6 Å². The maximum absolute atomic E-state index is 11.0. The van der Waals surface area contributed by atoms with Crippen molar-refractivity contribution in [1.29, 1.82) is 0 Å². The number of nitrogens with zero attached hydrogens (tertiary/aromatic N) is 2. The van der Waals surface area contributed by atoms with Crippen LogP contribution in [0.5, 0.6) is 0 Å². The van der Waals surface area contributed by atoms with Gasteiger partial charge in [-0.2, -0.15) is 0 Å². The predicted octanol–water partition coefficient (Wildman–Crippen LogP) is 0.727. The second-order valence-corrected chi connectivity index (χ2v) is 4.45. The number of hydrogen-bond donors (Lipinski definition) is 2. The van der Waals surface area contributed by atoms with Crippen molar-refractivity contribution >= 4 is 17.7 Å². The predicted molar refractivity (Wildman–Crippen MR) is 67.4 cm³/mol. The van der Waals surface area contributed by atoms with Crippen molar-refractivity contribution in [1.82, 2.24) is 4.98 Å². The number of anilines is 1. The van der Waals surface area contributed by atoms with Crippen molar-refractivity contribution in [3.63, 3.8) is 0 Å². The third-order valence-corrected chi connectivity index (χ3v) is 2.25. The van der Waals surface area contributed by atoms with Gasteiger partial charge in [0.05, 0.1) is 12.1 Å². The Morgan fingerprint density at radius 3 is 2.67 bits per heavy atom. The number of carbonyl (C=O) groups excluding carboxylic acids is 1. The maximum Gasteiger partial charge on any atom is 0.335 e. The van der Waals surface area contributed by atoms with Crippen LogP contribution in [0.3, 0.4) is 0 Å². The van der Waals surface area contributed by atoms with Crippen molar-refractivity contribution in [3.05, 3.63) is 23.9 Å². The molecular weight excluding hydrogens is 234 g/mol. The van der Waals surface area contributed by atoms with Crippen LogP contribution in [-0.2, 0) is 4.79 Å². The Morgan fingerprint density at radius 2 is 2.17 bits per heavy atom. The van der Waals surface area contributed by atoms with E-state index in [-0.39, 0.29) is 12.1 Å². The number of hydrogen-bond acceptors (Lipinski definition) is 4. The summed E-state index contributed by atoms with van der Waals surface area (Å²) in [5.74, 6) is -0.748. The molecule has 1 rings (SSSR count). The maximum atomic E-state index is 11.0. The lowest BCUT2D eigenvalue weighted by Gasteiger charge is -2.24. The Hall–Kier alpha value is -2.11. The van der Waals surface area contributed by atoms with Gasteiger partial charge in [0.2, 0.25) is 5.91 Å². The summed E-state index contributed by atoms with van der Waals surface area (Å²) in [6.07, 6.45) is 1.41. The van der Waals surface area contributed by atoms with E-state index in [9.17, 15) is 9.59 Å². The second kappa shape index (κ2) is 6.00. The largest absolute Gasteiger partial charge is 0.478 e. The van der Waals surface area contributed by atoms with E-state index in [4.69, 9.17) is 10.8 Å².